The first kappa shape index (κ1) is 19.7. The number of alkyl halides is 7. The summed E-state index contributed by atoms with van der Waals surface area (Å²) in [5.41, 5.74) is -2.70. The van der Waals surface area contributed by atoms with Gasteiger partial charge in [0.05, 0.1) is 17.8 Å². The first-order valence-corrected chi connectivity index (χ1v) is 6.37. The Hall–Kier alpha value is -2.30. The summed E-state index contributed by atoms with van der Waals surface area (Å²) in [5.74, 6) is -10.7. The molecule has 0 bridgehead atoms. The van der Waals surface area contributed by atoms with Gasteiger partial charge in [0.2, 0.25) is 5.76 Å². The summed E-state index contributed by atoms with van der Waals surface area (Å²) < 4.78 is 93.4. The van der Waals surface area contributed by atoms with Crippen molar-refractivity contribution in [1.82, 2.24) is 5.16 Å². The van der Waals surface area contributed by atoms with Gasteiger partial charge in [-0.2, -0.15) is 41.3 Å². The van der Waals surface area contributed by atoms with Gasteiger partial charge in [-0.25, -0.2) is 0 Å². The Labute approximate surface area is 131 Å². The lowest BCUT2D eigenvalue weighted by Crippen LogP contribution is -2.34. The van der Waals surface area contributed by atoms with E-state index in [0.29, 0.717) is 6.07 Å². The third-order valence-electron chi connectivity index (χ3n) is 3.17. The topological polar surface area (TPSA) is 73.6 Å². The molecular weight excluding hydrogens is 347 g/mol. The zero-order chi connectivity index (χ0) is 18.8. The maximum atomic E-state index is 13.4. The van der Waals surface area contributed by atoms with E-state index in [9.17, 15) is 30.7 Å². The lowest BCUT2D eigenvalue weighted by atomic mass is 9.81. The summed E-state index contributed by atoms with van der Waals surface area (Å²) >= 11 is 0. The third kappa shape index (κ3) is 4.37. The number of nitrogens with zero attached hydrogens (tertiary/aromatic N) is 3. The molecule has 0 saturated heterocycles. The maximum Gasteiger partial charge on any atom is 0.389 e. The van der Waals surface area contributed by atoms with Gasteiger partial charge >= 0.3 is 18.0 Å². The van der Waals surface area contributed by atoms with Crippen LogP contribution in [0, 0.1) is 28.1 Å². The number of nitriles is 2. The van der Waals surface area contributed by atoms with Crippen molar-refractivity contribution in [2.45, 2.75) is 44.2 Å². The number of halogens is 7. The van der Waals surface area contributed by atoms with E-state index in [1.54, 1.807) is 0 Å². The first-order chi connectivity index (χ1) is 10.8. The van der Waals surface area contributed by atoms with Gasteiger partial charge in [-0.3, -0.25) is 0 Å². The summed E-state index contributed by atoms with van der Waals surface area (Å²) in [7, 11) is 0. The van der Waals surface area contributed by atoms with E-state index in [1.165, 1.54) is 12.1 Å². The van der Waals surface area contributed by atoms with Gasteiger partial charge in [0.1, 0.15) is 5.41 Å². The Balaban J connectivity index is 3.03. The summed E-state index contributed by atoms with van der Waals surface area (Å²) in [6.07, 6.45) is -7.79. The molecule has 132 valence electrons. The quantitative estimate of drug-likeness (QED) is 0.710. The summed E-state index contributed by atoms with van der Waals surface area (Å²) in [5, 5.41) is 21.0. The molecule has 0 radical (unpaired) electrons. The Morgan fingerprint density at radius 1 is 1.04 bits per heavy atom. The molecule has 0 atom stereocenters. The molecule has 4 nitrogen and oxygen atoms in total. The van der Waals surface area contributed by atoms with E-state index < -0.39 is 54.2 Å². The van der Waals surface area contributed by atoms with E-state index >= 15 is 0 Å². The molecule has 0 aliphatic carbocycles. The second-order valence-corrected chi connectivity index (χ2v) is 5.24. The van der Waals surface area contributed by atoms with Gasteiger partial charge in [-0.15, -0.1) is 0 Å². The average molecular weight is 357 g/mol. The van der Waals surface area contributed by atoms with Crippen molar-refractivity contribution in [3.05, 3.63) is 17.5 Å². The van der Waals surface area contributed by atoms with Gasteiger partial charge in [0.15, 0.2) is 0 Å². The molecule has 0 fully saturated rings. The highest BCUT2D eigenvalue weighted by Gasteiger charge is 2.56. The lowest BCUT2D eigenvalue weighted by Gasteiger charge is -2.19. The number of aromatic nitrogens is 1. The second-order valence-electron chi connectivity index (χ2n) is 5.24. The van der Waals surface area contributed by atoms with Crippen LogP contribution in [-0.4, -0.2) is 17.3 Å². The molecule has 11 heteroatoms. The molecule has 0 N–H and O–H groups in total. The highest BCUT2D eigenvalue weighted by Crippen LogP contribution is 2.43. The molecule has 0 spiro atoms. The van der Waals surface area contributed by atoms with Crippen LogP contribution in [0.15, 0.2) is 10.6 Å². The second kappa shape index (κ2) is 6.30. The molecule has 1 heterocycles. The third-order valence-corrected chi connectivity index (χ3v) is 3.17. The molecule has 0 amide bonds. The van der Waals surface area contributed by atoms with Crippen LogP contribution in [0.5, 0.6) is 0 Å². The van der Waals surface area contributed by atoms with Gasteiger partial charge in [0, 0.05) is 25.8 Å². The average Bonchev–Trinajstić information content (AvgIpc) is 2.90. The van der Waals surface area contributed by atoms with Crippen molar-refractivity contribution >= 4 is 0 Å². The van der Waals surface area contributed by atoms with E-state index in [0.717, 1.165) is 0 Å². The van der Waals surface area contributed by atoms with E-state index in [2.05, 4.69) is 9.68 Å². The molecule has 0 aromatic carbocycles. The minimum Gasteiger partial charge on any atom is -0.354 e. The summed E-state index contributed by atoms with van der Waals surface area (Å²) in [6.45, 7) is -0.0482. The maximum absolute atomic E-state index is 13.4. The van der Waals surface area contributed by atoms with E-state index in [4.69, 9.17) is 10.5 Å². The molecular formula is C13H10F7N3O. The summed E-state index contributed by atoms with van der Waals surface area (Å²) in [6, 6.07) is 3.17. The van der Waals surface area contributed by atoms with Crippen molar-refractivity contribution in [2.24, 2.45) is 5.41 Å². The molecule has 1 rings (SSSR count). The zero-order valence-electron chi connectivity index (χ0n) is 12.1. The molecule has 24 heavy (non-hydrogen) atoms. The van der Waals surface area contributed by atoms with Crippen molar-refractivity contribution < 1.29 is 35.3 Å². The van der Waals surface area contributed by atoms with Crippen LogP contribution in [0.3, 0.4) is 0 Å². The highest BCUT2D eigenvalue weighted by atomic mass is 19.4. The van der Waals surface area contributed by atoms with Crippen molar-refractivity contribution in [3.63, 3.8) is 0 Å². The minimum atomic E-state index is -4.70. The van der Waals surface area contributed by atoms with Crippen LogP contribution < -0.4 is 0 Å². The molecule has 0 unspecified atom stereocenters. The predicted molar refractivity (Wildman–Crippen MR) is 63.7 cm³/mol. The van der Waals surface area contributed by atoms with Gasteiger partial charge in [-0.1, -0.05) is 5.16 Å². The number of hydrogen-bond donors (Lipinski definition) is 0. The van der Waals surface area contributed by atoms with Crippen molar-refractivity contribution in [2.75, 3.05) is 0 Å². The Morgan fingerprint density at radius 3 is 2.00 bits per heavy atom. The smallest absolute Gasteiger partial charge is 0.354 e. The van der Waals surface area contributed by atoms with E-state index in [-0.39, 0.29) is 6.92 Å². The minimum absolute atomic E-state index is 0.0482. The Morgan fingerprint density at radius 2 is 1.58 bits per heavy atom. The highest BCUT2D eigenvalue weighted by molar-refractivity contribution is 5.22. The van der Waals surface area contributed by atoms with Crippen LogP contribution in [0.1, 0.15) is 31.2 Å². The van der Waals surface area contributed by atoms with Gasteiger partial charge < -0.3 is 4.52 Å². The molecule has 0 aliphatic heterocycles. The fraction of sp³-hybridized carbons (Fsp3) is 0.615. The Kier molecular flexibility index (Phi) is 5.19. The Bertz CT molecular complexity index is 647. The van der Waals surface area contributed by atoms with Crippen LogP contribution in [-0.2, 0) is 12.3 Å². The standard InChI is InChI=1S/C13H10F7N3O/c1-10(14,15)13(19,20)9-4-8(23-24-9)5-11(6-21,7-22)2-3-12(16,17)18/h4H,2-3,5H2,1H3. The summed E-state index contributed by atoms with van der Waals surface area (Å²) in [4.78, 5) is 0. The first-order valence-electron chi connectivity index (χ1n) is 6.37. The van der Waals surface area contributed by atoms with Crippen LogP contribution in [0.25, 0.3) is 0 Å². The van der Waals surface area contributed by atoms with Gasteiger partial charge in [0.25, 0.3) is 0 Å². The van der Waals surface area contributed by atoms with Gasteiger partial charge in [-0.05, 0) is 6.42 Å². The van der Waals surface area contributed by atoms with Crippen molar-refractivity contribution in [1.29, 1.82) is 10.5 Å². The lowest BCUT2D eigenvalue weighted by molar-refractivity contribution is -0.215. The van der Waals surface area contributed by atoms with Crippen LogP contribution >= 0.6 is 0 Å². The molecule has 1 aromatic rings. The number of rotatable bonds is 6. The monoisotopic (exact) mass is 357 g/mol. The molecule has 1 aromatic heterocycles. The SMILES string of the molecule is CC(F)(F)C(F)(F)c1cc(CC(C#N)(C#N)CCC(F)(F)F)no1. The fourth-order valence-corrected chi connectivity index (χ4v) is 1.73. The zero-order valence-corrected chi connectivity index (χ0v) is 12.1. The van der Waals surface area contributed by atoms with Crippen molar-refractivity contribution in [3.8, 4) is 12.1 Å². The molecule has 0 aliphatic rings. The normalized spacial score (nSPS) is 13.4. The fourth-order valence-electron chi connectivity index (χ4n) is 1.73. The van der Waals surface area contributed by atoms with Crippen LogP contribution in [0.2, 0.25) is 0 Å². The molecule has 0 saturated carbocycles. The number of hydrogen-bond acceptors (Lipinski definition) is 4. The van der Waals surface area contributed by atoms with E-state index in [1.807, 2.05) is 0 Å². The predicted octanol–water partition coefficient (Wildman–Crippen LogP) is 4.34. The largest absolute Gasteiger partial charge is 0.389 e. The van der Waals surface area contributed by atoms with Crippen LogP contribution in [0.4, 0.5) is 30.7 Å².